The van der Waals surface area contributed by atoms with Crippen LogP contribution in [0.25, 0.3) is 4.85 Å². The van der Waals surface area contributed by atoms with Gasteiger partial charge in [-0.3, -0.25) is 9.69 Å². The number of hydrogen-bond donors (Lipinski definition) is 0. The SMILES string of the molecule is [C-]#[N+]c1cc(Oc2ccc(C3(c4ccc(Oc5ccc(CC)c(C#N)c5)cc4)c4ccccc4C(=O)N3c3ccccc3)cc2)ccc1C. The number of amides is 1. The van der Waals surface area contributed by atoms with Crippen LogP contribution in [-0.2, 0) is 12.0 Å². The molecular formula is C43H31N3O3. The van der Waals surface area contributed by atoms with Crippen molar-refractivity contribution in [2.75, 3.05) is 4.90 Å². The number of nitriles is 1. The average Bonchev–Trinajstić information content (AvgIpc) is 3.42. The van der Waals surface area contributed by atoms with E-state index in [1.807, 2.05) is 146 Å². The van der Waals surface area contributed by atoms with Gasteiger partial charge in [0, 0.05) is 11.3 Å². The molecule has 0 radical (unpaired) electrons. The van der Waals surface area contributed by atoms with Crippen molar-refractivity contribution >= 4 is 17.3 Å². The standard InChI is InChI=1S/C43H31N3O3/c1-4-30-15-21-37(26-31(30)28-44)48-35-22-16-32(17-23-35)43(33-18-24-36(25-19-33)49-38-20-14-29(2)41(27-38)45-3)40-13-9-8-12-39(40)42(47)46(43)34-10-6-5-7-11-34/h5-27H,4H2,1-2H3. The van der Waals surface area contributed by atoms with Gasteiger partial charge in [0.05, 0.1) is 18.2 Å². The minimum absolute atomic E-state index is 0.103. The van der Waals surface area contributed by atoms with E-state index in [-0.39, 0.29) is 5.91 Å². The Morgan fingerprint density at radius 2 is 1.31 bits per heavy atom. The Bertz CT molecular complexity index is 2270. The molecule has 0 saturated heterocycles. The van der Waals surface area contributed by atoms with E-state index in [0.717, 1.165) is 39.9 Å². The molecule has 6 nitrogen and oxygen atoms in total. The molecule has 1 aliphatic rings. The Kier molecular flexibility index (Phi) is 8.14. The second-order valence-electron chi connectivity index (χ2n) is 11.8. The Hall–Kier alpha value is -6.63. The van der Waals surface area contributed by atoms with Gasteiger partial charge in [-0.2, -0.15) is 5.26 Å². The normalized spacial score (nSPS) is 14.9. The van der Waals surface area contributed by atoms with E-state index < -0.39 is 5.54 Å². The van der Waals surface area contributed by atoms with E-state index in [4.69, 9.17) is 16.0 Å². The first kappa shape index (κ1) is 31.0. The predicted molar refractivity (Wildman–Crippen MR) is 191 cm³/mol. The van der Waals surface area contributed by atoms with E-state index in [9.17, 15) is 10.1 Å². The van der Waals surface area contributed by atoms with Crippen LogP contribution >= 0.6 is 0 Å². The maximum absolute atomic E-state index is 14.4. The van der Waals surface area contributed by atoms with Gasteiger partial charge in [-0.15, -0.1) is 0 Å². The van der Waals surface area contributed by atoms with E-state index in [1.54, 1.807) is 12.1 Å². The summed E-state index contributed by atoms with van der Waals surface area (Å²) < 4.78 is 12.4. The van der Waals surface area contributed by atoms with Gasteiger partial charge in [0.1, 0.15) is 28.5 Å². The van der Waals surface area contributed by atoms with Crippen LogP contribution in [-0.4, -0.2) is 5.91 Å². The Morgan fingerprint density at radius 1 is 0.735 bits per heavy atom. The molecule has 0 fully saturated rings. The summed E-state index contributed by atoms with van der Waals surface area (Å²) in [6.07, 6.45) is 0.764. The molecule has 6 heteroatoms. The van der Waals surface area contributed by atoms with Crippen molar-refractivity contribution in [1.29, 1.82) is 5.26 Å². The quantitative estimate of drug-likeness (QED) is 0.156. The van der Waals surface area contributed by atoms with Crippen molar-refractivity contribution in [3.8, 4) is 29.1 Å². The molecule has 0 saturated carbocycles. The summed E-state index contributed by atoms with van der Waals surface area (Å²) in [6.45, 7) is 11.4. The van der Waals surface area contributed by atoms with Crippen molar-refractivity contribution in [3.63, 3.8) is 0 Å². The van der Waals surface area contributed by atoms with Crippen LogP contribution in [0.5, 0.6) is 23.0 Å². The molecular weight excluding hydrogens is 606 g/mol. The van der Waals surface area contributed by atoms with E-state index in [0.29, 0.717) is 39.8 Å². The van der Waals surface area contributed by atoms with E-state index in [2.05, 4.69) is 10.9 Å². The fraction of sp³-hybridized carbons (Fsp3) is 0.0930. The largest absolute Gasteiger partial charge is 0.459 e. The number of ether oxygens (including phenoxy) is 2. The zero-order valence-corrected chi connectivity index (χ0v) is 27.1. The molecule has 49 heavy (non-hydrogen) atoms. The highest BCUT2D eigenvalue weighted by Crippen LogP contribution is 2.51. The van der Waals surface area contributed by atoms with Gasteiger partial charge in [-0.1, -0.05) is 79.7 Å². The van der Waals surface area contributed by atoms with Crippen LogP contribution in [0.3, 0.4) is 0 Å². The smallest absolute Gasteiger partial charge is 0.260 e. The summed E-state index contributed by atoms with van der Waals surface area (Å²) in [6, 6.07) is 46.3. The first-order chi connectivity index (χ1) is 24.0. The number of fused-ring (bicyclic) bond motifs is 1. The van der Waals surface area contributed by atoms with Gasteiger partial charge in [0.15, 0.2) is 5.69 Å². The number of anilines is 1. The molecule has 236 valence electrons. The highest BCUT2D eigenvalue weighted by atomic mass is 16.5. The van der Waals surface area contributed by atoms with Crippen molar-refractivity contribution in [1.82, 2.24) is 0 Å². The van der Waals surface area contributed by atoms with Crippen LogP contribution in [0.4, 0.5) is 11.4 Å². The van der Waals surface area contributed by atoms with Gasteiger partial charge in [0.2, 0.25) is 0 Å². The Balaban J connectivity index is 1.34. The van der Waals surface area contributed by atoms with Crippen molar-refractivity contribution in [2.45, 2.75) is 25.8 Å². The molecule has 1 atom stereocenters. The van der Waals surface area contributed by atoms with Crippen LogP contribution in [0.1, 0.15) is 50.7 Å². The molecule has 0 aromatic heterocycles. The van der Waals surface area contributed by atoms with Gasteiger partial charge < -0.3 is 9.47 Å². The lowest BCUT2D eigenvalue weighted by atomic mass is 9.76. The highest BCUT2D eigenvalue weighted by Gasteiger charge is 2.52. The molecule has 1 amide bonds. The summed E-state index contributed by atoms with van der Waals surface area (Å²) >= 11 is 0. The van der Waals surface area contributed by atoms with Crippen LogP contribution < -0.4 is 14.4 Å². The topological polar surface area (TPSA) is 66.9 Å². The fourth-order valence-corrected chi connectivity index (χ4v) is 6.61. The molecule has 1 aliphatic heterocycles. The number of hydrogen-bond acceptors (Lipinski definition) is 4. The summed E-state index contributed by atoms with van der Waals surface area (Å²) in [5.74, 6) is 2.27. The lowest BCUT2D eigenvalue weighted by molar-refractivity contribution is 0.0986. The summed E-state index contributed by atoms with van der Waals surface area (Å²) in [4.78, 5) is 19.9. The molecule has 0 aliphatic carbocycles. The Morgan fingerprint density at radius 3 is 1.92 bits per heavy atom. The van der Waals surface area contributed by atoms with Crippen molar-refractivity contribution < 1.29 is 14.3 Å². The first-order valence-corrected chi connectivity index (χ1v) is 16.0. The number of carbonyl (C=O) groups excluding carboxylic acids is 1. The molecule has 0 N–H and O–H groups in total. The second-order valence-corrected chi connectivity index (χ2v) is 11.8. The minimum atomic E-state index is -1.02. The van der Waals surface area contributed by atoms with Crippen LogP contribution in [0.2, 0.25) is 0 Å². The zero-order valence-electron chi connectivity index (χ0n) is 27.1. The molecule has 1 unspecified atom stereocenters. The molecule has 1 heterocycles. The maximum atomic E-state index is 14.4. The molecule has 0 spiro atoms. The number of para-hydroxylation sites is 1. The van der Waals surface area contributed by atoms with E-state index >= 15 is 0 Å². The predicted octanol–water partition coefficient (Wildman–Crippen LogP) is 10.5. The number of aryl methyl sites for hydroxylation is 2. The number of benzene rings is 6. The Labute approximate surface area is 285 Å². The summed E-state index contributed by atoms with van der Waals surface area (Å²) in [5.41, 5.74) is 5.97. The van der Waals surface area contributed by atoms with Crippen LogP contribution in [0.15, 0.2) is 140 Å². The average molecular weight is 638 g/mol. The van der Waals surface area contributed by atoms with Gasteiger partial charge >= 0.3 is 0 Å². The monoisotopic (exact) mass is 637 g/mol. The number of carbonyl (C=O) groups is 1. The summed E-state index contributed by atoms with van der Waals surface area (Å²) in [5, 5.41) is 9.62. The second kappa shape index (κ2) is 12.9. The van der Waals surface area contributed by atoms with Gasteiger partial charge in [-0.25, -0.2) is 4.85 Å². The fourth-order valence-electron chi connectivity index (χ4n) is 6.61. The molecule has 6 aromatic carbocycles. The maximum Gasteiger partial charge on any atom is 0.260 e. The molecule has 6 aromatic rings. The minimum Gasteiger partial charge on any atom is -0.459 e. The van der Waals surface area contributed by atoms with Crippen molar-refractivity contribution in [3.05, 3.63) is 190 Å². The zero-order chi connectivity index (χ0) is 34.0. The van der Waals surface area contributed by atoms with Gasteiger partial charge in [-0.05, 0) is 108 Å². The lowest BCUT2D eigenvalue weighted by Crippen LogP contribution is -2.46. The third kappa shape index (κ3) is 5.46. The number of rotatable bonds is 8. The molecule has 7 rings (SSSR count). The molecule has 0 bridgehead atoms. The van der Waals surface area contributed by atoms with Crippen LogP contribution in [0, 0.1) is 24.8 Å². The van der Waals surface area contributed by atoms with E-state index in [1.165, 1.54) is 0 Å². The highest BCUT2D eigenvalue weighted by molar-refractivity contribution is 6.13. The number of nitrogens with zero attached hydrogens (tertiary/aromatic N) is 3. The first-order valence-electron chi connectivity index (χ1n) is 16.0. The van der Waals surface area contributed by atoms with Gasteiger partial charge in [0.25, 0.3) is 5.91 Å². The third-order valence-electron chi connectivity index (χ3n) is 9.00. The van der Waals surface area contributed by atoms with Crippen molar-refractivity contribution in [2.24, 2.45) is 0 Å². The third-order valence-corrected chi connectivity index (χ3v) is 9.00. The summed E-state index contributed by atoms with van der Waals surface area (Å²) in [7, 11) is 0. The lowest BCUT2D eigenvalue weighted by Gasteiger charge is -2.40.